The van der Waals surface area contributed by atoms with Gasteiger partial charge >= 0.3 is 5.97 Å². The molecule has 0 aliphatic heterocycles. The molecule has 0 saturated carbocycles. The van der Waals surface area contributed by atoms with Gasteiger partial charge in [-0.3, -0.25) is 0 Å². The van der Waals surface area contributed by atoms with Crippen LogP contribution in [0.2, 0.25) is 0 Å². The second-order valence-corrected chi connectivity index (χ2v) is 3.69. The fourth-order valence-electron chi connectivity index (χ4n) is 1.59. The van der Waals surface area contributed by atoms with Gasteiger partial charge in [0.15, 0.2) is 5.69 Å². The van der Waals surface area contributed by atoms with Gasteiger partial charge in [-0.1, -0.05) is 25.1 Å². The summed E-state index contributed by atoms with van der Waals surface area (Å²) < 4.78 is 5.48. The van der Waals surface area contributed by atoms with Gasteiger partial charge < -0.3 is 9.84 Å². The van der Waals surface area contributed by atoms with Crippen molar-refractivity contribution in [3.05, 3.63) is 36.0 Å². The lowest BCUT2D eigenvalue weighted by Crippen LogP contribution is -2.04. The molecule has 0 aliphatic rings. The van der Waals surface area contributed by atoms with Crippen LogP contribution >= 0.6 is 0 Å². The van der Waals surface area contributed by atoms with Crippen LogP contribution in [0.4, 0.5) is 0 Å². The number of fused-ring (bicyclic) bond motifs is 1. The van der Waals surface area contributed by atoms with Crippen LogP contribution in [0.15, 0.2) is 30.3 Å². The molecule has 0 unspecified atom stereocenters. The minimum absolute atomic E-state index is 0.00908. The fraction of sp³-hybridized carbons (Fsp3) is 0.231. The predicted octanol–water partition coefficient (Wildman–Crippen LogP) is 2.72. The van der Waals surface area contributed by atoms with Crippen molar-refractivity contribution in [2.75, 3.05) is 6.61 Å². The van der Waals surface area contributed by atoms with Crippen LogP contribution in [-0.2, 0) is 0 Å². The van der Waals surface area contributed by atoms with E-state index in [1.165, 1.54) is 0 Å². The summed E-state index contributed by atoms with van der Waals surface area (Å²) in [5.74, 6) is -0.653. The molecule has 0 bridgehead atoms. The van der Waals surface area contributed by atoms with E-state index in [1.54, 1.807) is 6.07 Å². The lowest BCUT2D eigenvalue weighted by atomic mass is 10.1. The van der Waals surface area contributed by atoms with Crippen molar-refractivity contribution in [2.45, 2.75) is 13.3 Å². The van der Waals surface area contributed by atoms with Crippen molar-refractivity contribution < 1.29 is 14.6 Å². The number of pyridine rings is 1. The second-order valence-electron chi connectivity index (χ2n) is 3.69. The molecule has 1 heterocycles. The molecular weight excluding hydrogens is 218 g/mol. The molecule has 1 aromatic heterocycles. The Hall–Kier alpha value is -2.10. The number of nitrogens with zero attached hydrogens (tertiary/aromatic N) is 1. The van der Waals surface area contributed by atoms with Gasteiger partial charge in [-0.05, 0) is 23.9 Å². The second kappa shape index (κ2) is 4.82. The molecule has 0 aliphatic carbocycles. The average molecular weight is 231 g/mol. The Balaban J connectivity index is 2.56. The standard InChI is InChI=1S/C13H13NO3/c1-2-7-17-12-10-6-4-3-5-9(10)8-11(14-12)13(15)16/h3-6,8H,2,7H2,1H3,(H,15,16). The van der Waals surface area contributed by atoms with Crippen LogP contribution in [0.3, 0.4) is 0 Å². The van der Waals surface area contributed by atoms with Crippen molar-refractivity contribution >= 4 is 16.7 Å². The number of carbonyl (C=O) groups is 1. The molecule has 2 rings (SSSR count). The molecule has 4 heteroatoms. The maximum atomic E-state index is 11.0. The third kappa shape index (κ3) is 2.36. The maximum absolute atomic E-state index is 11.0. The van der Waals surface area contributed by atoms with Crippen LogP contribution < -0.4 is 4.74 Å². The van der Waals surface area contributed by atoms with Gasteiger partial charge in [0.05, 0.1) is 6.61 Å². The lowest BCUT2D eigenvalue weighted by molar-refractivity contribution is 0.0689. The molecule has 1 aromatic carbocycles. The van der Waals surface area contributed by atoms with Crippen molar-refractivity contribution in [2.24, 2.45) is 0 Å². The summed E-state index contributed by atoms with van der Waals surface area (Å²) in [6.07, 6.45) is 0.854. The number of benzene rings is 1. The monoisotopic (exact) mass is 231 g/mol. The van der Waals surface area contributed by atoms with Gasteiger partial charge in [0.2, 0.25) is 5.88 Å². The van der Waals surface area contributed by atoms with Crippen LogP contribution in [0, 0.1) is 0 Å². The summed E-state index contributed by atoms with van der Waals surface area (Å²) >= 11 is 0. The summed E-state index contributed by atoms with van der Waals surface area (Å²) in [5, 5.41) is 10.6. The first-order valence-corrected chi connectivity index (χ1v) is 5.48. The Kier molecular flexibility index (Phi) is 3.23. The number of carboxylic acid groups (broad SMARTS) is 1. The zero-order valence-electron chi connectivity index (χ0n) is 9.51. The third-order valence-corrected chi connectivity index (χ3v) is 2.37. The molecule has 0 amide bonds. The topological polar surface area (TPSA) is 59.4 Å². The van der Waals surface area contributed by atoms with E-state index < -0.39 is 5.97 Å². The highest BCUT2D eigenvalue weighted by Crippen LogP contribution is 2.24. The molecule has 2 aromatic rings. The minimum Gasteiger partial charge on any atom is -0.477 e. The Bertz CT molecular complexity index is 551. The maximum Gasteiger partial charge on any atom is 0.354 e. The van der Waals surface area contributed by atoms with Crippen LogP contribution in [0.25, 0.3) is 10.8 Å². The SMILES string of the molecule is CCCOc1nc(C(=O)O)cc2ccccc12. The smallest absolute Gasteiger partial charge is 0.354 e. The van der Waals surface area contributed by atoms with Crippen molar-refractivity contribution in [3.8, 4) is 5.88 Å². The number of hydrogen-bond donors (Lipinski definition) is 1. The summed E-state index contributed by atoms with van der Waals surface area (Å²) in [7, 11) is 0. The van der Waals surface area contributed by atoms with Crippen molar-refractivity contribution in [1.82, 2.24) is 4.98 Å². The highest BCUT2D eigenvalue weighted by Gasteiger charge is 2.11. The first-order valence-electron chi connectivity index (χ1n) is 5.48. The van der Waals surface area contributed by atoms with E-state index in [0.717, 1.165) is 17.2 Å². The van der Waals surface area contributed by atoms with E-state index in [9.17, 15) is 4.79 Å². The zero-order chi connectivity index (χ0) is 12.3. The Morgan fingerprint density at radius 3 is 2.88 bits per heavy atom. The number of ether oxygens (including phenoxy) is 1. The molecule has 17 heavy (non-hydrogen) atoms. The van der Waals surface area contributed by atoms with E-state index in [4.69, 9.17) is 9.84 Å². The average Bonchev–Trinajstić information content (AvgIpc) is 2.35. The van der Waals surface area contributed by atoms with Gasteiger partial charge in [0, 0.05) is 5.39 Å². The quantitative estimate of drug-likeness (QED) is 0.878. The molecular formula is C13H13NO3. The fourth-order valence-corrected chi connectivity index (χ4v) is 1.59. The van der Waals surface area contributed by atoms with E-state index in [-0.39, 0.29) is 5.69 Å². The first-order chi connectivity index (χ1) is 8.22. The molecule has 0 saturated heterocycles. The third-order valence-electron chi connectivity index (χ3n) is 2.37. The lowest BCUT2D eigenvalue weighted by Gasteiger charge is -2.08. The number of aromatic carboxylic acids is 1. The molecule has 0 radical (unpaired) electrons. The number of rotatable bonds is 4. The number of aromatic nitrogens is 1. The minimum atomic E-state index is -1.04. The van der Waals surface area contributed by atoms with Gasteiger partial charge in [-0.15, -0.1) is 0 Å². The molecule has 0 atom stereocenters. The van der Waals surface area contributed by atoms with Gasteiger partial charge in [-0.2, -0.15) is 0 Å². The van der Waals surface area contributed by atoms with E-state index in [2.05, 4.69) is 4.98 Å². The normalized spacial score (nSPS) is 10.4. The molecule has 4 nitrogen and oxygen atoms in total. The molecule has 0 spiro atoms. The van der Waals surface area contributed by atoms with Crippen LogP contribution in [0.5, 0.6) is 5.88 Å². The summed E-state index contributed by atoms with van der Waals surface area (Å²) in [4.78, 5) is 15.0. The predicted molar refractivity (Wildman–Crippen MR) is 64.5 cm³/mol. The van der Waals surface area contributed by atoms with Gasteiger partial charge in [0.25, 0.3) is 0 Å². The Labute approximate surface area is 98.9 Å². The van der Waals surface area contributed by atoms with Crippen molar-refractivity contribution in [3.63, 3.8) is 0 Å². The number of carboxylic acids is 1. The highest BCUT2D eigenvalue weighted by molar-refractivity contribution is 5.94. The summed E-state index contributed by atoms with van der Waals surface area (Å²) in [6.45, 7) is 2.52. The van der Waals surface area contributed by atoms with Gasteiger partial charge in [-0.25, -0.2) is 9.78 Å². The summed E-state index contributed by atoms with van der Waals surface area (Å²) in [5.41, 5.74) is 0.00908. The Morgan fingerprint density at radius 1 is 1.41 bits per heavy atom. The number of hydrogen-bond acceptors (Lipinski definition) is 3. The zero-order valence-corrected chi connectivity index (χ0v) is 9.51. The van der Waals surface area contributed by atoms with E-state index in [1.807, 2.05) is 31.2 Å². The molecule has 1 N–H and O–H groups in total. The van der Waals surface area contributed by atoms with Crippen molar-refractivity contribution in [1.29, 1.82) is 0 Å². The van der Waals surface area contributed by atoms with E-state index in [0.29, 0.717) is 12.5 Å². The first kappa shape index (κ1) is 11.4. The molecule has 88 valence electrons. The largest absolute Gasteiger partial charge is 0.477 e. The highest BCUT2D eigenvalue weighted by atomic mass is 16.5. The van der Waals surface area contributed by atoms with Crippen LogP contribution in [0.1, 0.15) is 23.8 Å². The molecule has 0 fully saturated rings. The Morgan fingerprint density at radius 2 is 2.18 bits per heavy atom. The van der Waals surface area contributed by atoms with Crippen LogP contribution in [-0.4, -0.2) is 22.7 Å². The van der Waals surface area contributed by atoms with E-state index >= 15 is 0 Å². The summed E-state index contributed by atoms with van der Waals surface area (Å²) in [6, 6.07) is 9.01. The van der Waals surface area contributed by atoms with Gasteiger partial charge in [0.1, 0.15) is 0 Å².